The van der Waals surface area contributed by atoms with Crippen molar-refractivity contribution >= 4 is 22.8 Å². The number of alkyl halides is 3. The van der Waals surface area contributed by atoms with E-state index < -0.39 is 26.7 Å². The van der Waals surface area contributed by atoms with Gasteiger partial charge in [-0.1, -0.05) is 24.9 Å². The van der Waals surface area contributed by atoms with Gasteiger partial charge in [-0.15, -0.1) is 0 Å². The molecule has 0 aliphatic carbocycles. The van der Waals surface area contributed by atoms with Crippen LogP contribution in [0, 0.1) is 0 Å². The summed E-state index contributed by atoms with van der Waals surface area (Å²) in [5.41, 5.74) is -1.22. The van der Waals surface area contributed by atoms with Crippen LogP contribution >= 0.6 is 12.8 Å². The molecular formula is C7H6F3NO2S2. The Morgan fingerprint density at radius 2 is 1.73 bits per heavy atom. The Balaban J connectivity index is 3.45. The van der Waals surface area contributed by atoms with Gasteiger partial charge in [0.25, 0.3) is 0 Å². The van der Waals surface area contributed by atoms with Crippen LogP contribution in [-0.4, -0.2) is 8.42 Å². The van der Waals surface area contributed by atoms with Gasteiger partial charge in [-0.3, -0.25) is 0 Å². The lowest BCUT2D eigenvalue weighted by Gasteiger charge is -2.11. The molecular weight excluding hydrogens is 251 g/mol. The number of sulfonamides is 1. The summed E-state index contributed by atoms with van der Waals surface area (Å²) >= 11 is 3.25. The molecule has 0 aromatic heterocycles. The second kappa shape index (κ2) is 4.03. The maximum atomic E-state index is 12.4. The van der Waals surface area contributed by atoms with E-state index in [1.165, 1.54) is 10.2 Å². The maximum absolute atomic E-state index is 12.4. The van der Waals surface area contributed by atoms with Crippen molar-refractivity contribution in [2.75, 3.05) is 0 Å². The first-order valence-electron chi connectivity index (χ1n) is 3.61. The van der Waals surface area contributed by atoms with Gasteiger partial charge in [0.1, 0.15) is 0 Å². The molecule has 0 amide bonds. The van der Waals surface area contributed by atoms with Gasteiger partial charge in [-0.25, -0.2) is 8.42 Å². The minimum Gasteiger partial charge on any atom is -0.206 e. The molecule has 1 aromatic rings. The molecule has 3 nitrogen and oxygen atoms in total. The topological polar surface area (TPSA) is 46.2 Å². The maximum Gasteiger partial charge on any atom is 0.417 e. The van der Waals surface area contributed by atoms with Gasteiger partial charge in [0.2, 0.25) is 10.0 Å². The van der Waals surface area contributed by atoms with E-state index in [2.05, 4.69) is 12.8 Å². The second-order valence-electron chi connectivity index (χ2n) is 2.59. The molecule has 15 heavy (non-hydrogen) atoms. The zero-order valence-electron chi connectivity index (χ0n) is 7.12. The quantitative estimate of drug-likeness (QED) is 0.794. The predicted octanol–water partition coefficient (Wildman–Crippen LogP) is 1.83. The van der Waals surface area contributed by atoms with E-state index in [4.69, 9.17) is 0 Å². The molecule has 0 fully saturated rings. The van der Waals surface area contributed by atoms with E-state index >= 15 is 0 Å². The Labute approximate surface area is 89.9 Å². The van der Waals surface area contributed by atoms with Crippen molar-refractivity contribution in [1.82, 2.24) is 4.13 Å². The molecule has 8 heteroatoms. The number of rotatable bonds is 2. The predicted molar refractivity (Wildman–Crippen MR) is 50.8 cm³/mol. The number of thiol groups is 1. The first kappa shape index (κ1) is 12.3. The number of halogens is 3. The van der Waals surface area contributed by atoms with Crippen LogP contribution in [0.2, 0.25) is 0 Å². The third-order valence-electron chi connectivity index (χ3n) is 1.60. The van der Waals surface area contributed by atoms with Gasteiger partial charge in [0.05, 0.1) is 10.5 Å². The van der Waals surface area contributed by atoms with Gasteiger partial charge in [-0.2, -0.15) is 17.3 Å². The van der Waals surface area contributed by atoms with Crippen molar-refractivity contribution in [3.63, 3.8) is 0 Å². The Bertz CT molecular complexity index is 456. The van der Waals surface area contributed by atoms with E-state index in [-0.39, 0.29) is 0 Å². The van der Waals surface area contributed by atoms with E-state index in [1.807, 2.05) is 0 Å². The van der Waals surface area contributed by atoms with Crippen LogP contribution in [0.3, 0.4) is 0 Å². The van der Waals surface area contributed by atoms with Gasteiger partial charge in [0, 0.05) is 0 Å². The highest BCUT2D eigenvalue weighted by Crippen LogP contribution is 2.33. The van der Waals surface area contributed by atoms with E-state index in [0.717, 1.165) is 12.1 Å². The normalized spacial score (nSPS) is 12.8. The van der Waals surface area contributed by atoms with Crippen LogP contribution in [0.4, 0.5) is 13.2 Å². The van der Waals surface area contributed by atoms with Crippen LogP contribution in [0.5, 0.6) is 0 Å². The van der Waals surface area contributed by atoms with Crippen molar-refractivity contribution in [2.45, 2.75) is 11.1 Å². The summed E-state index contributed by atoms with van der Waals surface area (Å²) in [6, 6.07) is 3.87. The van der Waals surface area contributed by atoms with Gasteiger partial charge >= 0.3 is 6.18 Å². The Morgan fingerprint density at radius 1 is 1.20 bits per heavy atom. The molecule has 0 saturated carbocycles. The number of nitrogens with one attached hydrogen (secondary N) is 1. The van der Waals surface area contributed by atoms with Crippen LogP contribution in [0.25, 0.3) is 0 Å². The highest BCUT2D eigenvalue weighted by molar-refractivity contribution is 8.00. The Kier molecular flexibility index (Phi) is 3.31. The van der Waals surface area contributed by atoms with Gasteiger partial charge < -0.3 is 0 Å². The molecule has 0 bridgehead atoms. The van der Waals surface area contributed by atoms with E-state index in [9.17, 15) is 21.6 Å². The Morgan fingerprint density at radius 3 is 2.20 bits per heavy atom. The summed E-state index contributed by atoms with van der Waals surface area (Å²) in [6.07, 6.45) is -4.71. The molecule has 0 saturated heterocycles. The lowest BCUT2D eigenvalue weighted by Crippen LogP contribution is -2.19. The molecule has 84 valence electrons. The standard InChI is InChI=1S/C7H6F3NO2S2/c8-7(9,10)5-3-1-2-4-6(5)15(12,13)11-14/h1-4,11,14H. The van der Waals surface area contributed by atoms with Crippen LogP contribution < -0.4 is 4.13 Å². The van der Waals surface area contributed by atoms with Crippen LogP contribution in [0.1, 0.15) is 5.56 Å². The summed E-state index contributed by atoms with van der Waals surface area (Å²) in [5, 5.41) is 0. The van der Waals surface area contributed by atoms with Gasteiger partial charge in [-0.05, 0) is 12.1 Å². The van der Waals surface area contributed by atoms with E-state index in [0.29, 0.717) is 6.07 Å². The van der Waals surface area contributed by atoms with Crippen molar-refractivity contribution < 1.29 is 21.6 Å². The third kappa shape index (κ3) is 2.64. The first-order valence-corrected chi connectivity index (χ1v) is 5.54. The molecule has 0 aliphatic rings. The summed E-state index contributed by atoms with van der Waals surface area (Å²) < 4.78 is 61.1. The van der Waals surface area contributed by atoms with E-state index in [1.54, 1.807) is 0 Å². The summed E-state index contributed by atoms with van der Waals surface area (Å²) in [5.74, 6) is 0. The monoisotopic (exact) mass is 257 g/mol. The van der Waals surface area contributed by atoms with Crippen molar-refractivity contribution in [3.8, 4) is 0 Å². The van der Waals surface area contributed by atoms with Crippen LogP contribution in [-0.2, 0) is 16.2 Å². The zero-order valence-corrected chi connectivity index (χ0v) is 8.83. The smallest absolute Gasteiger partial charge is 0.206 e. The fraction of sp³-hybridized carbons (Fsp3) is 0.143. The van der Waals surface area contributed by atoms with Crippen molar-refractivity contribution in [3.05, 3.63) is 29.8 Å². The summed E-state index contributed by atoms with van der Waals surface area (Å²) in [6.45, 7) is 0. The first-order chi connectivity index (χ1) is 6.79. The van der Waals surface area contributed by atoms with Crippen molar-refractivity contribution in [2.24, 2.45) is 0 Å². The third-order valence-corrected chi connectivity index (χ3v) is 3.50. The molecule has 0 atom stereocenters. The molecule has 0 aliphatic heterocycles. The molecule has 1 rings (SSSR count). The molecule has 0 spiro atoms. The highest BCUT2D eigenvalue weighted by atomic mass is 32.3. The number of hydrogen-bond donors (Lipinski definition) is 2. The molecule has 1 aromatic carbocycles. The second-order valence-corrected chi connectivity index (χ2v) is 4.77. The van der Waals surface area contributed by atoms with Gasteiger partial charge in [0.15, 0.2) is 0 Å². The SMILES string of the molecule is O=S(=O)(NS)c1ccccc1C(F)(F)F. The lowest BCUT2D eigenvalue weighted by molar-refractivity contribution is -0.139. The zero-order chi connectivity index (χ0) is 11.7. The summed E-state index contributed by atoms with van der Waals surface area (Å²) in [7, 11) is -4.22. The fourth-order valence-corrected chi connectivity index (χ4v) is 2.11. The minimum absolute atomic E-state index is 0.692. The van der Waals surface area contributed by atoms with Crippen LogP contribution in [0.15, 0.2) is 29.2 Å². The number of benzene rings is 1. The summed E-state index contributed by atoms with van der Waals surface area (Å²) in [4.78, 5) is -0.840. The minimum atomic E-state index is -4.71. The molecule has 0 heterocycles. The average Bonchev–Trinajstić information content (AvgIpc) is 2.16. The average molecular weight is 257 g/mol. The lowest BCUT2D eigenvalue weighted by atomic mass is 10.2. The molecule has 0 radical (unpaired) electrons. The van der Waals surface area contributed by atoms with Crippen molar-refractivity contribution in [1.29, 1.82) is 0 Å². The Hall–Kier alpha value is -0.730. The molecule has 1 N–H and O–H groups in total. The fourth-order valence-electron chi connectivity index (χ4n) is 0.984. The number of hydrogen-bond acceptors (Lipinski definition) is 3. The molecule has 0 unspecified atom stereocenters. The highest BCUT2D eigenvalue weighted by Gasteiger charge is 2.36. The largest absolute Gasteiger partial charge is 0.417 e.